The molecule has 1 saturated carbocycles. The number of carboxylic acid groups (broad SMARTS) is 1. The molecule has 0 aliphatic heterocycles. The maximum atomic E-state index is 12.7. The van der Waals surface area contributed by atoms with Gasteiger partial charge in [0.15, 0.2) is 0 Å². The van der Waals surface area contributed by atoms with E-state index in [-0.39, 0.29) is 6.42 Å². The van der Waals surface area contributed by atoms with Crippen LogP contribution in [0.15, 0.2) is 23.1 Å². The molecule has 17 heavy (non-hydrogen) atoms. The number of rotatable bonds is 3. The van der Waals surface area contributed by atoms with Crippen molar-refractivity contribution in [1.29, 1.82) is 0 Å². The van der Waals surface area contributed by atoms with Crippen molar-refractivity contribution in [2.45, 2.75) is 25.8 Å². The van der Waals surface area contributed by atoms with Crippen LogP contribution in [-0.4, -0.2) is 22.1 Å². The molecule has 1 aromatic heterocycles. The van der Waals surface area contributed by atoms with Gasteiger partial charge in [-0.1, -0.05) is 6.92 Å². The fraction of sp³-hybridized carbons (Fsp3) is 0.455. The largest absolute Gasteiger partial charge is 0.477 e. The van der Waals surface area contributed by atoms with Crippen molar-refractivity contribution >= 4 is 5.97 Å². The lowest BCUT2D eigenvalue weighted by Crippen LogP contribution is -2.27. The second-order valence-electron chi connectivity index (χ2n) is 4.47. The Morgan fingerprint density at radius 1 is 1.65 bits per heavy atom. The highest BCUT2D eigenvalue weighted by atomic mass is 19.3. The first-order chi connectivity index (χ1) is 7.88. The lowest BCUT2D eigenvalue weighted by atomic mass is 10.1. The van der Waals surface area contributed by atoms with Crippen LogP contribution in [0.3, 0.4) is 0 Å². The zero-order valence-corrected chi connectivity index (χ0v) is 9.06. The number of aromatic nitrogens is 1. The molecule has 2 atom stereocenters. The first kappa shape index (κ1) is 11.8. The Hall–Kier alpha value is -1.72. The highest BCUT2D eigenvalue weighted by Crippen LogP contribution is 2.59. The van der Waals surface area contributed by atoms with Crippen molar-refractivity contribution in [3.05, 3.63) is 34.2 Å². The summed E-state index contributed by atoms with van der Waals surface area (Å²) in [6, 6.07) is 1.94. The molecule has 1 aliphatic carbocycles. The molecule has 2 rings (SSSR count). The van der Waals surface area contributed by atoms with Gasteiger partial charge < -0.3 is 9.67 Å². The number of pyridine rings is 1. The van der Waals surface area contributed by atoms with Gasteiger partial charge in [0.2, 0.25) is 6.43 Å². The quantitative estimate of drug-likeness (QED) is 0.880. The molecule has 2 unspecified atom stereocenters. The molecular weight excluding hydrogens is 232 g/mol. The van der Waals surface area contributed by atoms with Crippen molar-refractivity contribution in [1.82, 2.24) is 4.57 Å². The Morgan fingerprint density at radius 2 is 2.29 bits per heavy atom. The number of halogens is 2. The van der Waals surface area contributed by atoms with Crippen LogP contribution in [0.1, 0.15) is 29.7 Å². The van der Waals surface area contributed by atoms with Gasteiger partial charge in [-0.05, 0) is 18.6 Å². The normalized spacial score (nSPS) is 27.2. The zero-order chi connectivity index (χ0) is 12.8. The summed E-state index contributed by atoms with van der Waals surface area (Å²) in [5.74, 6) is -1.34. The second kappa shape index (κ2) is 3.65. The third-order valence-electron chi connectivity index (χ3n) is 3.27. The van der Waals surface area contributed by atoms with Gasteiger partial charge in [0.1, 0.15) is 5.56 Å². The predicted molar refractivity (Wildman–Crippen MR) is 55.4 cm³/mol. The van der Waals surface area contributed by atoms with Crippen LogP contribution >= 0.6 is 0 Å². The van der Waals surface area contributed by atoms with E-state index in [1.54, 1.807) is 0 Å². The van der Waals surface area contributed by atoms with Gasteiger partial charge in [-0.2, -0.15) is 0 Å². The maximum Gasteiger partial charge on any atom is 0.341 e. The maximum absolute atomic E-state index is 12.7. The molecule has 1 fully saturated rings. The molecule has 6 heteroatoms. The van der Waals surface area contributed by atoms with Crippen molar-refractivity contribution in [3.8, 4) is 0 Å². The Morgan fingerprint density at radius 3 is 2.76 bits per heavy atom. The molecule has 0 spiro atoms. The van der Waals surface area contributed by atoms with E-state index in [2.05, 4.69) is 0 Å². The molecule has 1 N–H and O–H groups in total. The predicted octanol–water partition coefficient (Wildman–Crippen LogP) is 1.76. The fourth-order valence-electron chi connectivity index (χ4n) is 1.93. The number of hydrogen-bond donors (Lipinski definition) is 1. The van der Waals surface area contributed by atoms with E-state index in [4.69, 9.17) is 5.11 Å². The van der Waals surface area contributed by atoms with Gasteiger partial charge in [0.25, 0.3) is 5.56 Å². The lowest BCUT2D eigenvalue weighted by molar-refractivity contribution is 0.0629. The van der Waals surface area contributed by atoms with E-state index in [9.17, 15) is 18.4 Å². The zero-order valence-electron chi connectivity index (χ0n) is 9.06. The first-order valence-electron chi connectivity index (χ1n) is 5.10. The van der Waals surface area contributed by atoms with Crippen molar-refractivity contribution in [2.24, 2.45) is 5.41 Å². The van der Waals surface area contributed by atoms with Crippen LogP contribution in [0.2, 0.25) is 0 Å². The third-order valence-corrected chi connectivity index (χ3v) is 3.27. The Kier molecular flexibility index (Phi) is 2.52. The van der Waals surface area contributed by atoms with Crippen LogP contribution < -0.4 is 5.56 Å². The van der Waals surface area contributed by atoms with Crippen LogP contribution in [0.4, 0.5) is 8.78 Å². The Bertz CT molecular complexity index is 526. The van der Waals surface area contributed by atoms with E-state index >= 15 is 0 Å². The molecule has 92 valence electrons. The van der Waals surface area contributed by atoms with Crippen LogP contribution in [-0.2, 0) is 0 Å². The van der Waals surface area contributed by atoms with Gasteiger partial charge in [-0.15, -0.1) is 0 Å². The highest BCUT2D eigenvalue weighted by molar-refractivity contribution is 5.87. The van der Waals surface area contributed by atoms with Gasteiger partial charge in [-0.3, -0.25) is 4.79 Å². The van der Waals surface area contributed by atoms with E-state index in [1.807, 2.05) is 0 Å². The minimum Gasteiger partial charge on any atom is -0.477 e. The van der Waals surface area contributed by atoms with Gasteiger partial charge in [0.05, 0.1) is 5.41 Å². The molecule has 4 nitrogen and oxygen atoms in total. The van der Waals surface area contributed by atoms with Crippen molar-refractivity contribution < 1.29 is 18.7 Å². The second-order valence-corrected chi connectivity index (χ2v) is 4.47. The molecule has 1 heterocycles. The summed E-state index contributed by atoms with van der Waals surface area (Å²) in [6.07, 6.45) is -0.978. The number of carboxylic acids is 1. The standard InChI is InChI=1S/C11H11F2NO3/c1-11(10(12)13)5-7(11)14-4-2-3-6(8(14)15)9(16)17/h2-4,7,10H,5H2,1H3,(H,16,17). The molecular formula is C11H11F2NO3. The summed E-state index contributed by atoms with van der Waals surface area (Å²) in [5.41, 5.74) is -2.34. The minimum atomic E-state index is -2.52. The summed E-state index contributed by atoms with van der Waals surface area (Å²) >= 11 is 0. The van der Waals surface area contributed by atoms with Crippen LogP contribution in [0, 0.1) is 5.41 Å². The molecule has 0 bridgehead atoms. The number of alkyl halides is 2. The summed E-state index contributed by atoms with van der Waals surface area (Å²) < 4.78 is 26.5. The van der Waals surface area contributed by atoms with Gasteiger partial charge in [0, 0.05) is 12.2 Å². The molecule has 0 amide bonds. The molecule has 1 aliphatic rings. The Labute approximate surface area is 95.5 Å². The summed E-state index contributed by atoms with van der Waals surface area (Å²) in [5, 5.41) is 8.77. The average molecular weight is 243 g/mol. The molecule has 0 radical (unpaired) electrons. The van der Waals surface area contributed by atoms with E-state index in [1.165, 1.54) is 25.3 Å². The van der Waals surface area contributed by atoms with Crippen molar-refractivity contribution in [2.75, 3.05) is 0 Å². The molecule has 0 aromatic carbocycles. The lowest BCUT2D eigenvalue weighted by Gasteiger charge is -2.11. The number of carbonyl (C=O) groups is 1. The van der Waals surface area contributed by atoms with Gasteiger partial charge >= 0.3 is 5.97 Å². The van der Waals surface area contributed by atoms with Crippen LogP contribution in [0.25, 0.3) is 0 Å². The van der Waals surface area contributed by atoms with Crippen molar-refractivity contribution in [3.63, 3.8) is 0 Å². The van der Waals surface area contributed by atoms with Gasteiger partial charge in [-0.25, -0.2) is 13.6 Å². The SMILES string of the molecule is CC1(C(F)F)CC1n1cccc(C(=O)O)c1=O. The van der Waals surface area contributed by atoms with E-state index in [0.29, 0.717) is 0 Å². The number of hydrogen-bond acceptors (Lipinski definition) is 2. The van der Waals surface area contributed by atoms with E-state index < -0.39 is 35.0 Å². The summed E-state index contributed by atoms with van der Waals surface area (Å²) in [4.78, 5) is 22.5. The monoisotopic (exact) mass is 243 g/mol. The smallest absolute Gasteiger partial charge is 0.341 e. The number of nitrogens with zero attached hydrogens (tertiary/aromatic N) is 1. The first-order valence-corrected chi connectivity index (χ1v) is 5.10. The minimum absolute atomic E-state index is 0.188. The Balaban J connectivity index is 2.41. The topological polar surface area (TPSA) is 59.3 Å². The molecule has 0 saturated heterocycles. The third kappa shape index (κ3) is 1.73. The van der Waals surface area contributed by atoms with Crippen LogP contribution in [0.5, 0.6) is 0 Å². The molecule has 1 aromatic rings. The summed E-state index contributed by atoms with van der Waals surface area (Å²) in [7, 11) is 0. The van der Waals surface area contributed by atoms with E-state index in [0.717, 1.165) is 4.57 Å². The summed E-state index contributed by atoms with van der Waals surface area (Å²) in [6.45, 7) is 1.39. The highest BCUT2D eigenvalue weighted by Gasteiger charge is 2.58. The average Bonchev–Trinajstić information content (AvgIpc) is 2.92. The fourth-order valence-corrected chi connectivity index (χ4v) is 1.93. The number of aromatic carboxylic acids is 1.